The lowest BCUT2D eigenvalue weighted by Gasteiger charge is -2.26. The minimum Gasteiger partial charge on any atom is -0.480 e. The third kappa shape index (κ3) is 4.66. The molecule has 1 unspecified atom stereocenters. The van der Waals surface area contributed by atoms with Gasteiger partial charge in [0.2, 0.25) is 0 Å². The summed E-state index contributed by atoms with van der Waals surface area (Å²) in [5.41, 5.74) is -0.301. The fourth-order valence-corrected chi connectivity index (χ4v) is 2.58. The molecule has 1 amide bonds. The number of alkyl halides is 3. The zero-order valence-corrected chi connectivity index (χ0v) is 15.1. The number of amides is 1. The number of H-pyrrole nitrogens is 1. The number of rotatable bonds is 6. The van der Waals surface area contributed by atoms with Crippen LogP contribution in [0.25, 0.3) is 11.4 Å². The van der Waals surface area contributed by atoms with Crippen LogP contribution in [0.15, 0.2) is 24.3 Å². The lowest BCUT2D eigenvalue weighted by Crippen LogP contribution is -2.42. The molecule has 2 rings (SSSR count). The summed E-state index contributed by atoms with van der Waals surface area (Å²) in [6, 6.07) is 4.26. The van der Waals surface area contributed by atoms with Crippen molar-refractivity contribution in [2.45, 2.75) is 39.4 Å². The molecule has 1 heterocycles. The molecule has 1 aromatic carbocycles. The number of carbonyl (C=O) groups is 2. The van der Waals surface area contributed by atoms with Crippen LogP contribution >= 0.6 is 0 Å². The summed E-state index contributed by atoms with van der Waals surface area (Å²) < 4.78 is 38.7. The number of imidazole rings is 1. The number of nitrogens with one attached hydrogen (secondary N) is 1. The molecular formula is C18H20F3N3O3. The maximum Gasteiger partial charge on any atom is 0.416 e. The van der Waals surface area contributed by atoms with E-state index in [1.807, 2.05) is 6.92 Å². The molecule has 0 aliphatic carbocycles. The minimum atomic E-state index is -4.49. The molecule has 0 aliphatic rings. The molecule has 0 aliphatic heterocycles. The van der Waals surface area contributed by atoms with E-state index in [-0.39, 0.29) is 23.1 Å². The van der Waals surface area contributed by atoms with Crippen molar-refractivity contribution in [2.75, 3.05) is 6.54 Å². The number of aryl methyl sites for hydroxylation is 1. The summed E-state index contributed by atoms with van der Waals surface area (Å²) in [7, 11) is 0. The zero-order chi connectivity index (χ0) is 20.4. The SMILES string of the molecule is CCC(C)N(CC(=O)O)C(=O)c1nc(-c2cccc(C(F)(F)F)c2)[nH]c1C. The van der Waals surface area contributed by atoms with Gasteiger partial charge in [0.15, 0.2) is 0 Å². The number of carboxylic acid groups (broad SMARTS) is 1. The topological polar surface area (TPSA) is 86.3 Å². The molecular weight excluding hydrogens is 363 g/mol. The molecule has 2 aromatic rings. The number of aliphatic carboxylic acids is 1. The van der Waals surface area contributed by atoms with E-state index in [2.05, 4.69) is 9.97 Å². The molecule has 9 heteroatoms. The molecule has 0 bridgehead atoms. The molecule has 1 aromatic heterocycles. The number of aromatic amines is 1. The third-order valence-electron chi connectivity index (χ3n) is 4.24. The first-order valence-electron chi connectivity index (χ1n) is 8.31. The first-order valence-corrected chi connectivity index (χ1v) is 8.31. The van der Waals surface area contributed by atoms with Gasteiger partial charge in [0, 0.05) is 17.3 Å². The van der Waals surface area contributed by atoms with E-state index in [1.54, 1.807) is 13.8 Å². The molecule has 0 saturated carbocycles. The number of aromatic nitrogens is 2. The van der Waals surface area contributed by atoms with Crippen molar-refractivity contribution in [3.05, 3.63) is 41.2 Å². The minimum absolute atomic E-state index is 0.0102. The molecule has 0 saturated heterocycles. The highest BCUT2D eigenvalue weighted by molar-refractivity contribution is 5.96. The highest BCUT2D eigenvalue weighted by atomic mass is 19.4. The third-order valence-corrected chi connectivity index (χ3v) is 4.24. The van der Waals surface area contributed by atoms with Gasteiger partial charge in [-0.25, -0.2) is 4.98 Å². The Bertz CT molecular complexity index is 846. The van der Waals surface area contributed by atoms with Gasteiger partial charge in [0.1, 0.15) is 18.1 Å². The molecule has 0 spiro atoms. The fraction of sp³-hybridized carbons (Fsp3) is 0.389. The average molecular weight is 383 g/mol. The lowest BCUT2D eigenvalue weighted by molar-refractivity contribution is -0.138. The van der Waals surface area contributed by atoms with Crippen LogP contribution in [0.3, 0.4) is 0 Å². The van der Waals surface area contributed by atoms with Gasteiger partial charge in [-0.1, -0.05) is 19.1 Å². The Labute approximate surface area is 154 Å². The largest absolute Gasteiger partial charge is 0.480 e. The van der Waals surface area contributed by atoms with Crippen LogP contribution in [-0.4, -0.2) is 44.4 Å². The smallest absolute Gasteiger partial charge is 0.416 e. The van der Waals surface area contributed by atoms with Crippen LogP contribution in [0.2, 0.25) is 0 Å². The van der Waals surface area contributed by atoms with E-state index in [1.165, 1.54) is 17.0 Å². The first-order chi connectivity index (χ1) is 12.5. The Morgan fingerprint density at radius 3 is 2.56 bits per heavy atom. The predicted octanol–water partition coefficient (Wildman–Crippen LogP) is 3.73. The summed E-state index contributed by atoms with van der Waals surface area (Å²) in [6.45, 7) is 4.61. The highest BCUT2D eigenvalue weighted by Gasteiger charge is 2.31. The number of carbonyl (C=O) groups excluding carboxylic acids is 1. The predicted molar refractivity (Wildman–Crippen MR) is 92.2 cm³/mol. The van der Waals surface area contributed by atoms with E-state index < -0.39 is 30.2 Å². The number of halogens is 3. The molecule has 27 heavy (non-hydrogen) atoms. The summed E-state index contributed by atoms with van der Waals surface area (Å²) in [5.74, 6) is -1.63. The number of hydrogen-bond donors (Lipinski definition) is 2. The van der Waals surface area contributed by atoms with E-state index in [0.717, 1.165) is 12.1 Å². The first kappa shape index (κ1) is 20.5. The average Bonchev–Trinajstić information content (AvgIpc) is 2.99. The van der Waals surface area contributed by atoms with Crippen LogP contribution in [0, 0.1) is 6.92 Å². The van der Waals surface area contributed by atoms with E-state index >= 15 is 0 Å². The van der Waals surface area contributed by atoms with Crippen LogP contribution in [-0.2, 0) is 11.0 Å². The van der Waals surface area contributed by atoms with Crippen molar-refractivity contribution in [1.29, 1.82) is 0 Å². The number of nitrogens with zero attached hydrogens (tertiary/aromatic N) is 2. The van der Waals surface area contributed by atoms with Crippen molar-refractivity contribution >= 4 is 11.9 Å². The van der Waals surface area contributed by atoms with E-state index in [4.69, 9.17) is 5.11 Å². The number of benzene rings is 1. The fourth-order valence-electron chi connectivity index (χ4n) is 2.58. The Kier molecular flexibility index (Phi) is 5.92. The molecule has 146 valence electrons. The number of hydrogen-bond acceptors (Lipinski definition) is 3. The Hall–Kier alpha value is -2.84. The standard InChI is InChI=1S/C18H20F3N3O3/c1-4-10(2)24(9-14(25)26)17(27)15-11(3)22-16(23-15)12-6-5-7-13(8-12)18(19,20)21/h5-8,10H,4,9H2,1-3H3,(H,22,23)(H,25,26). The lowest BCUT2D eigenvalue weighted by atomic mass is 10.1. The van der Waals surface area contributed by atoms with Gasteiger partial charge in [-0.3, -0.25) is 9.59 Å². The van der Waals surface area contributed by atoms with Gasteiger partial charge in [0.25, 0.3) is 5.91 Å². The quantitative estimate of drug-likeness (QED) is 0.796. The monoisotopic (exact) mass is 383 g/mol. The Balaban J connectivity index is 2.40. The summed E-state index contributed by atoms with van der Waals surface area (Å²) in [4.78, 5) is 32.0. The van der Waals surface area contributed by atoms with Gasteiger partial charge < -0.3 is 15.0 Å². The Morgan fingerprint density at radius 2 is 2.00 bits per heavy atom. The second-order valence-electron chi connectivity index (χ2n) is 6.22. The van der Waals surface area contributed by atoms with Gasteiger partial charge in [-0.2, -0.15) is 13.2 Å². The van der Waals surface area contributed by atoms with Gasteiger partial charge >= 0.3 is 12.1 Å². The molecule has 0 radical (unpaired) electrons. The highest BCUT2D eigenvalue weighted by Crippen LogP contribution is 2.31. The van der Waals surface area contributed by atoms with Crippen molar-refractivity contribution < 1.29 is 27.9 Å². The summed E-state index contributed by atoms with van der Waals surface area (Å²) >= 11 is 0. The van der Waals surface area contributed by atoms with Crippen LogP contribution in [0.4, 0.5) is 13.2 Å². The van der Waals surface area contributed by atoms with Crippen molar-refractivity contribution in [3.8, 4) is 11.4 Å². The van der Waals surface area contributed by atoms with Gasteiger partial charge in [-0.15, -0.1) is 0 Å². The van der Waals surface area contributed by atoms with E-state index in [0.29, 0.717) is 12.1 Å². The molecule has 2 N–H and O–H groups in total. The maximum atomic E-state index is 12.9. The molecule has 1 atom stereocenters. The zero-order valence-electron chi connectivity index (χ0n) is 15.1. The van der Waals surface area contributed by atoms with Crippen molar-refractivity contribution in [3.63, 3.8) is 0 Å². The second-order valence-corrected chi connectivity index (χ2v) is 6.22. The molecule has 0 fully saturated rings. The number of carboxylic acids is 1. The maximum absolute atomic E-state index is 12.9. The van der Waals surface area contributed by atoms with Gasteiger partial charge in [-0.05, 0) is 32.4 Å². The van der Waals surface area contributed by atoms with Crippen LogP contribution in [0.5, 0.6) is 0 Å². The summed E-state index contributed by atoms with van der Waals surface area (Å²) in [5, 5.41) is 9.05. The Morgan fingerprint density at radius 1 is 1.33 bits per heavy atom. The summed E-state index contributed by atoms with van der Waals surface area (Å²) in [6.07, 6.45) is -3.95. The second kappa shape index (κ2) is 7.81. The van der Waals surface area contributed by atoms with Crippen LogP contribution in [0.1, 0.15) is 42.0 Å². The van der Waals surface area contributed by atoms with Crippen LogP contribution < -0.4 is 0 Å². The van der Waals surface area contributed by atoms with E-state index in [9.17, 15) is 22.8 Å². The van der Waals surface area contributed by atoms with Gasteiger partial charge in [0.05, 0.1) is 5.56 Å². The van der Waals surface area contributed by atoms with Crippen molar-refractivity contribution in [2.24, 2.45) is 0 Å². The normalized spacial score (nSPS) is 12.7. The van der Waals surface area contributed by atoms with Crippen molar-refractivity contribution in [1.82, 2.24) is 14.9 Å². The molecule has 6 nitrogen and oxygen atoms in total.